The van der Waals surface area contributed by atoms with E-state index < -0.39 is 0 Å². The number of unbranched alkanes of at least 4 members (excludes halogenated alkanes) is 16. The fourth-order valence-corrected chi connectivity index (χ4v) is 4.70. The lowest BCUT2D eigenvalue weighted by atomic mass is 9.95. The zero-order valence-electron chi connectivity index (χ0n) is 23.8. The topological polar surface area (TPSA) is 38.3 Å². The molecule has 204 valence electrons. The minimum Gasteiger partial charge on any atom is -0.465 e. The number of rotatable bonds is 28. The Bertz CT molecular complexity index is 399. The van der Waals surface area contributed by atoms with E-state index in [0.29, 0.717) is 18.9 Å². The van der Waals surface area contributed by atoms with E-state index in [2.05, 4.69) is 26.1 Å². The van der Waals surface area contributed by atoms with Crippen molar-refractivity contribution in [2.75, 3.05) is 19.7 Å². The molecule has 0 aliphatic heterocycles. The molecule has 0 aliphatic rings. The zero-order chi connectivity index (χ0) is 25.0. The molecule has 0 saturated heterocycles. The van der Waals surface area contributed by atoms with Gasteiger partial charge in [-0.1, -0.05) is 130 Å². The van der Waals surface area contributed by atoms with Crippen molar-refractivity contribution < 1.29 is 9.53 Å². The van der Waals surface area contributed by atoms with E-state index in [-0.39, 0.29) is 5.97 Å². The molecule has 0 rings (SSSR count). The van der Waals surface area contributed by atoms with Gasteiger partial charge in [0.2, 0.25) is 0 Å². The van der Waals surface area contributed by atoms with Crippen LogP contribution < -0.4 is 5.32 Å². The van der Waals surface area contributed by atoms with Gasteiger partial charge in [-0.15, -0.1) is 0 Å². The van der Waals surface area contributed by atoms with Crippen molar-refractivity contribution >= 4 is 5.97 Å². The highest BCUT2D eigenvalue weighted by atomic mass is 16.5. The highest BCUT2D eigenvalue weighted by Gasteiger charge is 2.12. The average molecular weight is 482 g/mol. The molecule has 34 heavy (non-hydrogen) atoms. The van der Waals surface area contributed by atoms with Gasteiger partial charge in [0.1, 0.15) is 0 Å². The lowest BCUT2D eigenvalue weighted by Gasteiger charge is -2.17. The van der Waals surface area contributed by atoms with Crippen molar-refractivity contribution in [1.29, 1.82) is 0 Å². The molecule has 0 aromatic carbocycles. The first-order chi connectivity index (χ1) is 16.7. The van der Waals surface area contributed by atoms with Crippen LogP contribution in [0.5, 0.6) is 0 Å². The van der Waals surface area contributed by atoms with Crippen LogP contribution in [0.25, 0.3) is 0 Å². The van der Waals surface area contributed by atoms with Crippen LogP contribution in [-0.2, 0) is 9.53 Å². The third kappa shape index (κ3) is 26.0. The Balaban J connectivity index is 3.79. The van der Waals surface area contributed by atoms with Gasteiger partial charge in [0.25, 0.3) is 0 Å². The standard InChI is InChI=1S/C31H63NO2/c1-4-7-10-13-16-20-25-30(24-19-15-11-8-5-2)29-34-31(33)26-21-17-14-18-23-28-32-27-22-12-9-6-3/h30,32H,4-29H2,1-3H3. The molecule has 0 saturated carbocycles. The number of carbonyl (C=O) groups excluding carboxylic acids is 1. The zero-order valence-corrected chi connectivity index (χ0v) is 23.8. The van der Waals surface area contributed by atoms with E-state index in [9.17, 15) is 4.79 Å². The second kappa shape index (κ2) is 28.7. The maximum atomic E-state index is 12.3. The first-order valence-corrected chi connectivity index (χ1v) is 15.6. The first kappa shape index (κ1) is 33.4. The second-order valence-corrected chi connectivity index (χ2v) is 10.6. The van der Waals surface area contributed by atoms with Gasteiger partial charge in [-0.2, -0.15) is 0 Å². The molecule has 0 spiro atoms. The van der Waals surface area contributed by atoms with Crippen molar-refractivity contribution in [2.24, 2.45) is 5.92 Å². The molecule has 1 atom stereocenters. The predicted octanol–water partition coefficient (Wildman–Crippen LogP) is 9.77. The second-order valence-electron chi connectivity index (χ2n) is 10.6. The SMILES string of the molecule is CCCCCCCCC(CCCCCCC)COC(=O)CCCCCCCNCCCCCC. The molecule has 0 heterocycles. The molecule has 0 fully saturated rings. The highest BCUT2D eigenvalue weighted by molar-refractivity contribution is 5.69. The smallest absolute Gasteiger partial charge is 0.305 e. The minimum atomic E-state index is 0.0349. The average Bonchev–Trinajstić information content (AvgIpc) is 2.84. The quantitative estimate of drug-likeness (QED) is 0.0892. The molecule has 0 aromatic rings. The summed E-state index contributed by atoms with van der Waals surface area (Å²) in [4.78, 5) is 12.3. The maximum absolute atomic E-state index is 12.3. The fourth-order valence-electron chi connectivity index (χ4n) is 4.70. The Morgan fingerprint density at radius 2 is 0.971 bits per heavy atom. The number of carbonyl (C=O) groups is 1. The third-order valence-corrected chi connectivity index (χ3v) is 7.10. The number of esters is 1. The van der Waals surface area contributed by atoms with E-state index >= 15 is 0 Å². The minimum absolute atomic E-state index is 0.0349. The largest absolute Gasteiger partial charge is 0.465 e. The number of nitrogens with one attached hydrogen (secondary N) is 1. The van der Waals surface area contributed by atoms with Crippen molar-refractivity contribution in [3.63, 3.8) is 0 Å². The van der Waals surface area contributed by atoms with Gasteiger partial charge in [0.05, 0.1) is 6.61 Å². The lowest BCUT2D eigenvalue weighted by Crippen LogP contribution is -2.16. The Morgan fingerprint density at radius 1 is 0.559 bits per heavy atom. The number of hydrogen-bond acceptors (Lipinski definition) is 3. The molecular weight excluding hydrogens is 418 g/mol. The Morgan fingerprint density at radius 3 is 1.50 bits per heavy atom. The van der Waals surface area contributed by atoms with Gasteiger partial charge in [-0.25, -0.2) is 0 Å². The summed E-state index contributed by atoms with van der Waals surface area (Å²) >= 11 is 0. The summed E-state index contributed by atoms with van der Waals surface area (Å²) in [5.74, 6) is 0.610. The number of hydrogen-bond donors (Lipinski definition) is 1. The molecular formula is C31H63NO2. The summed E-state index contributed by atoms with van der Waals surface area (Å²) in [5.41, 5.74) is 0. The van der Waals surface area contributed by atoms with Crippen molar-refractivity contribution in [3.05, 3.63) is 0 Å². The Kier molecular flexibility index (Phi) is 28.2. The van der Waals surface area contributed by atoms with Crippen molar-refractivity contribution in [3.8, 4) is 0 Å². The highest BCUT2D eigenvalue weighted by Crippen LogP contribution is 2.20. The van der Waals surface area contributed by atoms with Crippen molar-refractivity contribution in [2.45, 2.75) is 168 Å². The van der Waals surface area contributed by atoms with Crippen LogP contribution in [-0.4, -0.2) is 25.7 Å². The van der Waals surface area contributed by atoms with Gasteiger partial charge in [0, 0.05) is 6.42 Å². The molecule has 0 aromatic heterocycles. The molecule has 0 aliphatic carbocycles. The Labute approximate surface area is 215 Å². The van der Waals surface area contributed by atoms with Gasteiger partial charge in [-0.05, 0) is 51.1 Å². The van der Waals surface area contributed by atoms with Crippen LogP contribution in [0.3, 0.4) is 0 Å². The van der Waals surface area contributed by atoms with Crippen molar-refractivity contribution in [1.82, 2.24) is 5.32 Å². The fraction of sp³-hybridized carbons (Fsp3) is 0.968. The van der Waals surface area contributed by atoms with Crippen LogP contribution in [0.1, 0.15) is 168 Å². The van der Waals surface area contributed by atoms with Crippen LogP contribution in [0.15, 0.2) is 0 Å². The van der Waals surface area contributed by atoms with Crippen LogP contribution in [0.2, 0.25) is 0 Å². The Hall–Kier alpha value is -0.570. The van der Waals surface area contributed by atoms with E-state index in [0.717, 1.165) is 19.4 Å². The molecule has 3 nitrogen and oxygen atoms in total. The number of ether oxygens (including phenoxy) is 1. The van der Waals surface area contributed by atoms with Gasteiger partial charge in [0.15, 0.2) is 0 Å². The monoisotopic (exact) mass is 481 g/mol. The van der Waals surface area contributed by atoms with Crippen LogP contribution in [0.4, 0.5) is 0 Å². The van der Waals surface area contributed by atoms with Gasteiger partial charge < -0.3 is 10.1 Å². The molecule has 0 bridgehead atoms. The lowest BCUT2D eigenvalue weighted by molar-refractivity contribution is -0.145. The van der Waals surface area contributed by atoms with E-state index in [1.165, 1.54) is 135 Å². The van der Waals surface area contributed by atoms with E-state index in [1.807, 2.05) is 0 Å². The summed E-state index contributed by atoms with van der Waals surface area (Å²) in [7, 11) is 0. The molecule has 1 unspecified atom stereocenters. The molecule has 0 amide bonds. The molecule has 0 radical (unpaired) electrons. The van der Waals surface area contributed by atoms with E-state index in [4.69, 9.17) is 4.74 Å². The molecule has 3 heteroatoms. The van der Waals surface area contributed by atoms with Crippen LogP contribution in [0, 0.1) is 5.92 Å². The predicted molar refractivity (Wildman–Crippen MR) is 151 cm³/mol. The van der Waals surface area contributed by atoms with Gasteiger partial charge in [-0.3, -0.25) is 4.79 Å². The summed E-state index contributed by atoms with van der Waals surface area (Å²) in [5, 5.41) is 3.56. The summed E-state index contributed by atoms with van der Waals surface area (Å²) < 4.78 is 5.73. The maximum Gasteiger partial charge on any atom is 0.305 e. The summed E-state index contributed by atoms with van der Waals surface area (Å²) in [6, 6.07) is 0. The summed E-state index contributed by atoms with van der Waals surface area (Å²) in [6.45, 7) is 9.78. The van der Waals surface area contributed by atoms with Gasteiger partial charge >= 0.3 is 5.97 Å². The normalized spacial score (nSPS) is 12.2. The summed E-state index contributed by atoms with van der Waals surface area (Å²) in [6.07, 6.45) is 29.1. The van der Waals surface area contributed by atoms with Crippen LogP contribution >= 0.6 is 0 Å². The third-order valence-electron chi connectivity index (χ3n) is 7.10. The van der Waals surface area contributed by atoms with E-state index in [1.54, 1.807) is 0 Å². The first-order valence-electron chi connectivity index (χ1n) is 15.6. The molecule has 1 N–H and O–H groups in total.